The predicted octanol–water partition coefficient (Wildman–Crippen LogP) is 1.72. The molecular weight excluding hydrogens is 188 g/mol. The Balaban J connectivity index is 2.58. The van der Waals surface area contributed by atoms with Crippen molar-refractivity contribution in [2.24, 2.45) is 0 Å². The average molecular weight is 208 g/mol. The molecule has 1 heterocycles. The third kappa shape index (κ3) is 3.29. The highest BCUT2D eigenvalue weighted by Crippen LogP contribution is 2.20. The van der Waals surface area contributed by atoms with Crippen LogP contribution >= 0.6 is 0 Å². The molecule has 0 radical (unpaired) electrons. The van der Waals surface area contributed by atoms with Gasteiger partial charge in [0.05, 0.1) is 5.60 Å². The summed E-state index contributed by atoms with van der Waals surface area (Å²) in [7, 11) is 0. The highest BCUT2D eigenvalue weighted by atomic mass is 16.3. The minimum Gasteiger partial charge on any atom is -0.389 e. The Bertz CT molecular complexity index is 301. The SMILES string of the molecule is CC(C)(O)C(C)(C)NCc1cccnc1. The van der Waals surface area contributed by atoms with Crippen molar-refractivity contribution in [1.82, 2.24) is 10.3 Å². The van der Waals surface area contributed by atoms with E-state index >= 15 is 0 Å². The van der Waals surface area contributed by atoms with Gasteiger partial charge in [0, 0.05) is 24.5 Å². The van der Waals surface area contributed by atoms with Gasteiger partial charge >= 0.3 is 0 Å². The molecule has 84 valence electrons. The van der Waals surface area contributed by atoms with Crippen LogP contribution in [0.25, 0.3) is 0 Å². The highest BCUT2D eigenvalue weighted by molar-refractivity contribution is 5.09. The van der Waals surface area contributed by atoms with E-state index in [0.717, 1.165) is 5.56 Å². The van der Waals surface area contributed by atoms with E-state index < -0.39 is 5.60 Å². The Hall–Kier alpha value is -0.930. The third-order valence-electron chi connectivity index (χ3n) is 2.99. The molecule has 2 N–H and O–H groups in total. The van der Waals surface area contributed by atoms with Crippen LogP contribution in [0.3, 0.4) is 0 Å². The summed E-state index contributed by atoms with van der Waals surface area (Å²) in [5, 5.41) is 13.3. The predicted molar refractivity (Wildman–Crippen MR) is 61.5 cm³/mol. The Labute approximate surface area is 91.5 Å². The molecule has 0 unspecified atom stereocenters. The minimum atomic E-state index is -0.755. The van der Waals surface area contributed by atoms with Crippen LogP contribution in [-0.4, -0.2) is 21.2 Å². The first-order valence-corrected chi connectivity index (χ1v) is 5.19. The van der Waals surface area contributed by atoms with Gasteiger partial charge in [-0.05, 0) is 39.3 Å². The number of rotatable bonds is 4. The largest absolute Gasteiger partial charge is 0.389 e. The van der Waals surface area contributed by atoms with E-state index in [1.54, 1.807) is 6.20 Å². The van der Waals surface area contributed by atoms with Crippen molar-refractivity contribution >= 4 is 0 Å². The van der Waals surface area contributed by atoms with Gasteiger partial charge in [-0.2, -0.15) is 0 Å². The highest BCUT2D eigenvalue weighted by Gasteiger charge is 2.34. The second kappa shape index (κ2) is 4.29. The summed E-state index contributed by atoms with van der Waals surface area (Å²) in [6.45, 7) is 8.31. The Morgan fingerprint density at radius 2 is 2.00 bits per heavy atom. The molecule has 3 nitrogen and oxygen atoms in total. The Morgan fingerprint density at radius 1 is 1.33 bits per heavy atom. The summed E-state index contributed by atoms with van der Waals surface area (Å²) in [6.07, 6.45) is 3.58. The van der Waals surface area contributed by atoms with Gasteiger partial charge in [-0.25, -0.2) is 0 Å². The summed E-state index contributed by atoms with van der Waals surface area (Å²) in [4.78, 5) is 4.05. The fourth-order valence-electron chi connectivity index (χ4n) is 1.04. The zero-order valence-corrected chi connectivity index (χ0v) is 9.91. The smallest absolute Gasteiger partial charge is 0.0767 e. The van der Waals surface area contributed by atoms with E-state index in [9.17, 15) is 5.11 Å². The number of nitrogens with zero attached hydrogens (tertiary/aromatic N) is 1. The van der Waals surface area contributed by atoms with Crippen LogP contribution in [-0.2, 0) is 6.54 Å². The van der Waals surface area contributed by atoms with E-state index in [1.807, 2.05) is 46.0 Å². The molecule has 0 aliphatic carbocycles. The summed E-state index contributed by atoms with van der Waals surface area (Å²) in [5.74, 6) is 0. The van der Waals surface area contributed by atoms with Gasteiger partial charge in [0.2, 0.25) is 0 Å². The van der Waals surface area contributed by atoms with Gasteiger partial charge in [-0.15, -0.1) is 0 Å². The molecule has 0 atom stereocenters. The van der Waals surface area contributed by atoms with E-state index in [0.29, 0.717) is 6.54 Å². The second-order valence-corrected chi connectivity index (χ2v) is 4.90. The number of pyridine rings is 1. The van der Waals surface area contributed by atoms with Crippen molar-refractivity contribution < 1.29 is 5.11 Å². The van der Waals surface area contributed by atoms with E-state index in [2.05, 4.69) is 10.3 Å². The first-order chi connectivity index (χ1) is 6.83. The molecule has 3 heteroatoms. The van der Waals surface area contributed by atoms with Gasteiger partial charge in [0.25, 0.3) is 0 Å². The molecule has 0 bridgehead atoms. The lowest BCUT2D eigenvalue weighted by atomic mass is 9.86. The summed E-state index contributed by atoms with van der Waals surface area (Å²) in [5.41, 5.74) is 0.0349. The normalized spacial score (nSPS) is 12.9. The van der Waals surface area contributed by atoms with Crippen molar-refractivity contribution in [3.63, 3.8) is 0 Å². The molecular formula is C12H20N2O. The van der Waals surface area contributed by atoms with Crippen LogP contribution in [0.4, 0.5) is 0 Å². The van der Waals surface area contributed by atoms with Crippen LogP contribution in [0.1, 0.15) is 33.3 Å². The first-order valence-electron chi connectivity index (χ1n) is 5.19. The maximum Gasteiger partial charge on any atom is 0.0767 e. The number of nitrogens with one attached hydrogen (secondary N) is 1. The average Bonchev–Trinajstić information content (AvgIpc) is 2.15. The standard InChI is InChI=1S/C12H20N2O/c1-11(2,12(3,4)15)14-9-10-6-5-7-13-8-10/h5-8,14-15H,9H2,1-4H3. The molecule has 1 rings (SSSR count). The van der Waals surface area contributed by atoms with Crippen LogP contribution in [0.15, 0.2) is 24.5 Å². The van der Waals surface area contributed by atoms with Gasteiger partial charge in [0.15, 0.2) is 0 Å². The quantitative estimate of drug-likeness (QED) is 0.792. The zero-order chi connectivity index (χ0) is 11.5. The molecule has 0 aliphatic heterocycles. The Kier molecular flexibility index (Phi) is 3.47. The van der Waals surface area contributed by atoms with Crippen molar-refractivity contribution in [2.75, 3.05) is 0 Å². The van der Waals surface area contributed by atoms with Crippen molar-refractivity contribution in [3.8, 4) is 0 Å². The van der Waals surface area contributed by atoms with Crippen LogP contribution < -0.4 is 5.32 Å². The fraction of sp³-hybridized carbons (Fsp3) is 0.583. The molecule has 0 spiro atoms. The maximum atomic E-state index is 9.95. The summed E-state index contributed by atoms with van der Waals surface area (Å²) >= 11 is 0. The van der Waals surface area contributed by atoms with Crippen LogP contribution in [0, 0.1) is 0 Å². The van der Waals surface area contributed by atoms with Crippen molar-refractivity contribution in [3.05, 3.63) is 30.1 Å². The maximum absolute atomic E-state index is 9.95. The summed E-state index contributed by atoms with van der Waals surface area (Å²) in [6, 6.07) is 3.93. The molecule has 0 aromatic carbocycles. The first kappa shape index (κ1) is 12.1. The molecule has 1 aromatic heterocycles. The fourth-order valence-corrected chi connectivity index (χ4v) is 1.04. The molecule has 15 heavy (non-hydrogen) atoms. The molecule has 0 saturated heterocycles. The Morgan fingerprint density at radius 3 is 2.47 bits per heavy atom. The van der Waals surface area contributed by atoms with Gasteiger partial charge in [-0.3, -0.25) is 4.98 Å². The van der Waals surface area contributed by atoms with E-state index in [1.165, 1.54) is 0 Å². The van der Waals surface area contributed by atoms with Crippen LogP contribution in [0.5, 0.6) is 0 Å². The lowest BCUT2D eigenvalue weighted by Gasteiger charge is -2.38. The van der Waals surface area contributed by atoms with Crippen molar-refractivity contribution in [2.45, 2.75) is 45.4 Å². The molecule has 0 amide bonds. The minimum absolute atomic E-state index is 0.331. The molecule has 0 aliphatic rings. The number of aromatic nitrogens is 1. The monoisotopic (exact) mass is 208 g/mol. The topological polar surface area (TPSA) is 45.1 Å². The van der Waals surface area contributed by atoms with E-state index in [4.69, 9.17) is 0 Å². The number of hydrogen-bond acceptors (Lipinski definition) is 3. The van der Waals surface area contributed by atoms with Crippen molar-refractivity contribution in [1.29, 1.82) is 0 Å². The molecule has 0 fully saturated rings. The second-order valence-electron chi connectivity index (χ2n) is 4.90. The zero-order valence-electron chi connectivity index (χ0n) is 9.91. The number of hydrogen-bond donors (Lipinski definition) is 2. The molecule has 1 aromatic rings. The van der Waals surface area contributed by atoms with E-state index in [-0.39, 0.29) is 5.54 Å². The molecule has 0 saturated carbocycles. The van der Waals surface area contributed by atoms with Gasteiger partial charge < -0.3 is 10.4 Å². The number of aliphatic hydroxyl groups is 1. The summed E-state index contributed by atoms with van der Waals surface area (Å²) < 4.78 is 0. The van der Waals surface area contributed by atoms with Crippen LogP contribution in [0.2, 0.25) is 0 Å². The van der Waals surface area contributed by atoms with Gasteiger partial charge in [0.1, 0.15) is 0 Å². The van der Waals surface area contributed by atoms with Gasteiger partial charge in [-0.1, -0.05) is 6.07 Å². The third-order valence-corrected chi connectivity index (χ3v) is 2.99. The lowest BCUT2D eigenvalue weighted by molar-refractivity contribution is -0.00532. The lowest BCUT2D eigenvalue weighted by Crippen LogP contribution is -2.55.